The summed E-state index contributed by atoms with van der Waals surface area (Å²) >= 11 is 3.81. The molecule has 0 amide bonds. The van der Waals surface area contributed by atoms with E-state index >= 15 is 0 Å². The second kappa shape index (κ2) is 2.56. The van der Waals surface area contributed by atoms with Crippen LogP contribution in [0.25, 0.3) is 0 Å². The summed E-state index contributed by atoms with van der Waals surface area (Å²) in [6.45, 7) is 0. The van der Waals surface area contributed by atoms with Crippen molar-refractivity contribution < 1.29 is 20.0 Å². The predicted molar refractivity (Wildman–Crippen MR) is 29.5 cm³/mol. The summed E-state index contributed by atoms with van der Waals surface area (Å²) in [6, 6.07) is 4.16. The molecule has 7 heavy (non-hydrogen) atoms. The SMILES string of the molecule is [Ti]=[CH]c1cccs1. The number of rotatable bonds is 1. The molecule has 1 aromatic heterocycles. The second-order valence-electron chi connectivity index (χ2n) is 1.16. The average Bonchev–Trinajstić information content (AvgIpc) is 2.14. The molecular weight excluding hydrogens is 140 g/mol. The standard InChI is InChI=1S/C5H4S.Ti/c1-5-3-2-4-6-5;/h1-4H;. The van der Waals surface area contributed by atoms with E-state index in [-0.39, 0.29) is 0 Å². The predicted octanol–water partition coefficient (Wildman–Crippen LogP) is 1.45. The first kappa shape index (κ1) is 5.42. The maximum absolute atomic E-state index is 2.10. The topological polar surface area (TPSA) is 0 Å². The average molecular weight is 144 g/mol. The molecule has 0 radical (unpaired) electrons. The molecule has 0 N–H and O–H groups in total. The molecule has 0 bridgehead atoms. The van der Waals surface area contributed by atoms with Crippen LogP contribution in [-0.2, 0) is 20.0 Å². The van der Waals surface area contributed by atoms with E-state index in [4.69, 9.17) is 0 Å². The quantitative estimate of drug-likeness (QED) is 0.523. The zero-order chi connectivity index (χ0) is 5.11. The van der Waals surface area contributed by atoms with Crippen LogP contribution in [0, 0.1) is 0 Å². The fourth-order valence-corrected chi connectivity index (χ4v) is 1.38. The van der Waals surface area contributed by atoms with Crippen LogP contribution in [0.1, 0.15) is 4.88 Å². The normalized spacial score (nSPS) is 8.43. The summed E-state index contributed by atoms with van der Waals surface area (Å²) < 4.78 is 2.10. The Labute approximate surface area is 58.1 Å². The van der Waals surface area contributed by atoms with E-state index in [1.165, 1.54) is 4.88 Å². The van der Waals surface area contributed by atoms with Gasteiger partial charge in [0.2, 0.25) is 0 Å². The van der Waals surface area contributed by atoms with Gasteiger partial charge >= 0.3 is 58.0 Å². The van der Waals surface area contributed by atoms with Gasteiger partial charge in [-0.3, -0.25) is 0 Å². The Bertz CT molecular complexity index is 143. The van der Waals surface area contributed by atoms with Crippen molar-refractivity contribution in [2.24, 2.45) is 0 Å². The Kier molecular flexibility index (Phi) is 1.98. The molecule has 0 aliphatic heterocycles. The van der Waals surface area contributed by atoms with Crippen LogP contribution in [0.3, 0.4) is 0 Å². The first-order valence-electron chi connectivity index (χ1n) is 1.97. The van der Waals surface area contributed by atoms with Crippen molar-refractivity contribution in [3.05, 3.63) is 22.4 Å². The maximum atomic E-state index is 2.10. The molecule has 0 unspecified atom stereocenters. The number of thiophene rings is 1. The first-order valence-corrected chi connectivity index (χ1v) is 3.75. The molecule has 1 heterocycles. The minimum atomic E-state index is 1.35. The number of hydrogen-bond acceptors (Lipinski definition) is 1. The molecule has 0 atom stereocenters. The van der Waals surface area contributed by atoms with Crippen molar-refractivity contribution in [2.45, 2.75) is 0 Å². The van der Waals surface area contributed by atoms with Gasteiger partial charge in [0, 0.05) is 0 Å². The third-order valence-corrected chi connectivity index (χ3v) is 2.32. The summed E-state index contributed by atoms with van der Waals surface area (Å²) in [5, 5.41) is 2.08. The van der Waals surface area contributed by atoms with Crippen LogP contribution in [-0.4, -0.2) is 4.31 Å². The van der Waals surface area contributed by atoms with E-state index in [0.717, 1.165) is 0 Å². The molecule has 1 rings (SSSR count). The van der Waals surface area contributed by atoms with Gasteiger partial charge < -0.3 is 0 Å². The van der Waals surface area contributed by atoms with Gasteiger partial charge in [0.05, 0.1) is 0 Å². The van der Waals surface area contributed by atoms with Crippen molar-refractivity contribution in [1.29, 1.82) is 0 Å². The fourth-order valence-electron chi connectivity index (χ4n) is 0.373. The van der Waals surface area contributed by atoms with Gasteiger partial charge in [0.1, 0.15) is 0 Å². The van der Waals surface area contributed by atoms with Crippen LogP contribution in [0.4, 0.5) is 0 Å². The molecule has 0 aliphatic rings. The van der Waals surface area contributed by atoms with Crippen LogP contribution >= 0.6 is 11.3 Å². The minimum absolute atomic E-state index is 1.35. The van der Waals surface area contributed by atoms with Gasteiger partial charge in [0.15, 0.2) is 0 Å². The molecule has 0 aromatic carbocycles. The van der Waals surface area contributed by atoms with E-state index in [2.05, 4.69) is 21.8 Å². The van der Waals surface area contributed by atoms with E-state index in [1.54, 1.807) is 11.3 Å². The molecule has 0 fully saturated rings. The Balaban J connectivity index is 2.96. The van der Waals surface area contributed by atoms with Gasteiger partial charge in [-0.2, -0.15) is 0 Å². The monoisotopic (exact) mass is 144 g/mol. The van der Waals surface area contributed by atoms with Crippen molar-refractivity contribution in [1.82, 2.24) is 0 Å². The second-order valence-corrected chi connectivity index (χ2v) is 2.59. The fraction of sp³-hybridized carbons (Fsp3) is 0. The summed E-state index contributed by atoms with van der Waals surface area (Å²) in [6.07, 6.45) is 0. The van der Waals surface area contributed by atoms with Crippen LogP contribution < -0.4 is 0 Å². The van der Waals surface area contributed by atoms with Crippen molar-refractivity contribution in [3.8, 4) is 0 Å². The summed E-state index contributed by atoms with van der Waals surface area (Å²) in [5.74, 6) is 0. The Hall–Kier alpha value is 0.284. The zero-order valence-corrected chi connectivity index (χ0v) is 6.10. The van der Waals surface area contributed by atoms with Crippen molar-refractivity contribution in [3.63, 3.8) is 0 Å². The van der Waals surface area contributed by atoms with Crippen LogP contribution in [0.2, 0.25) is 0 Å². The van der Waals surface area contributed by atoms with E-state index in [1.807, 2.05) is 20.0 Å². The van der Waals surface area contributed by atoms with Crippen molar-refractivity contribution in [2.75, 3.05) is 0 Å². The Morgan fingerprint density at radius 3 is 2.86 bits per heavy atom. The zero-order valence-electron chi connectivity index (χ0n) is 3.72. The Morgan fingerprint density at radius 2 is 2.57 bits per heavy atom. The third-order valence-electron chi connectivity index (χ3n) is 0.685. The van der Waals surface area contributed by atoms with Crippen LogP contribution in [0.5, 0.6) is 0 Å². The number of hydrogen-bond donors (Lipinski definition) is 0. The molecule has 0 saturated heterocycles. The van der Waals surface area contributed by atoms with Gasteiger partial charge in [-0.1, -0.05) is 0 Å². The molecular formula is C5H4STi. The van der Waals surface area contributed by atoms with E-state index < -0.39 is 0 Å². The molecule has 2 heteroatoms. The molecule has 0 nitrogen and oxygen atoms in total. The van der Waals surface area contributed by atoms with E-state index in [9.17, 15) is 0 Å². The van der Waals surface area contributed by atoms with Gasteiger partial charge in [-0.25, -0.2) is 0 Å². The molecule has 0 saturated carbocycles. The molecule has 0 spiro atoms. The van der Waals surface area contributed by atoms with Gasteiger partial charge in [-0.05, 0) is 0 Å². The van der Waals surface area contributed by atoms with Gasteiger partial charge in [-0.15, -0.1) is 0 Å². The first-order chi connectivity index (χ1) is 3.43. The van der Waals surface area contributed by atoms with Gasteiger partial charge in [0.25, 0.3) is 0 Å². The van der Waals surface area contributed by atoms with E-state index in [0.29, 0.717) is 0 Å². The Morgan fingerprint density at radius 1 is 1.71 bits per heavy atom. The van der Waals surface area contributed by atoms with Crippen LogP contribution in [0.15, 0.2) is 17.5 Å². The molecule has 34 valence electrons. The molecule has 1 aromatic rings. The summed E-state index contributed by atoms with van der Waals surface area (Å²) in [7, 11) is 0. The molecule has 0 aliphatic carbocycles. The summed E-state index contributed by atoms with van der Waals surface area (Å²) in [5.41, 5.74) is 0. The van der Waals surface area contributed by atoms with Crippen molar-refractivity contribution >= 4 is 15.7 Å². The third kappa shape index (κ3) is 1.34. The summed E-state index contributed by atoms with van der Waals surface area (Å²) in [4.78, 5) is 1.35.